The number of allylic oxidation sites excluding steroid dienone is 1. The second-order valence-electron chi connectivity index (χ2n) is 10.2. The third-order valence-electron chi connectivity index (χ3n) is 8.43. The van der Waals surface area contributed by atoms with E-state index in [1.807, 2.05) is 0 Å². The number of fused-ring (bicyclic) bond motifs is 1. The van der Waals surface area contributed by atoms with Gasteiger partial charge in [-0.15, -0.1) is 6.58 Å². The average molecular weight is 447 g/mol. The van der Waals surface area contributed by atoms with Gasteiger partial charge in [-0.1, -0.05) is 43.4 Å². The normalized spacial score (nSPS) is 33.4. The quantitative estimate of drug-likeness (QED) is 0.251. The Morgan fingerprint density at radius 3 is 2.58 bits per heavy atom. The fraction of sp³-hybridized carbons (Fsp3) is 0.667. The van der Waals surface area contributed by atoms with Gasteiger partial charge in [0.15, 0.2) is 11.6 Å². The molecule has 4 rings (SSSR count). The van der Waals surface area contributed by atoms with Gasteiger partial charge >= 0.3 is 5.97 Å². The van der Waals surface area contributed by atoms with Crippen LogP contribution in [-0.4, -0.2) is 5.97 Å². The highest BCUT2D eigenvalue weighted by Crippen LogP contribution is 2.50. The van der Waals surface area contributed by atoms with Crippen molar-refractivity contribution < 1.29 is 13.9 Å². The van der Waals surface area contributed by atoms with Crippen molar-refractivity contribution in [3.05, 3.63) is 41.7 Å². The Labute approximate surface area is 191 Å². The first-order chi connectivity index (χ1) is 15.0. The topological polar surface area (TPSA) is 26.3 Å². The minimum atomic E-state index is -0.569. The van der Waals surface area contributed by atoms with Crippen LogP contribution in [0, 0.1) is 41.3 Å². The van der Waals surface area contributed by atoms with Gasteiger partial charge in [-0.2, -0.15) is 0 Å². The fourth-order valence-corrected chi connectivity index (χ4v) is 6.92. The highest BCUT2D eigenvalue weighted by Gasteiger charge is 2.43. The van der Waals surface area contributed by atoms with Crippen molar-refractivity contribution in [2.75, 3.05) is 0 Å². The van der Waals surface area contributed by atoms with Gasteiger partial charge in [0.25, 0.3) is 0 Å². The van der Waals surface area contributed by atoms with Gasteiger partial charge in [0.1, 0.15) is 0 Å². The minimum Gasteiger partial charge on any atom is -0.423 e. The third kappa shape index (κ3) is 5.53. The van der Waals surface area contributed by atoms with E-state index in [1.165, 1.54) is 63.5 Å². The van der Waals surface area contributed by atoms with Gasteiger partial charge in [-0.3, -0.25) is 4.79 Å². The first kappa shape index (κ1) is 22.8. The number of carbonyl (C=O) groups is 1. The number of hydrogen-bond acceptors (Lipinski definition) is 2. The van der Waals surface area contributed by atoms with Crippen LogP contribution in [0.4, 0.5) is 4.39 Å². The lowest BCUT2D eigenvalue weighted by atomic mass is 9.59. The van der Waals surface area contributed by atoms with Crippen LogP contribution in [0.3, 0.4) is 0 Å². The van der Waals surface area contributed by atoms with E-state index >= 15 is 0 Å². The predicted octanol–water partition coefficient (Wildman–Crippen LogP) is 7.99. The standard InChI is InChI=1S/C27H36ClFO2/c1-2-3-5-18-8-10-19(11-9-18)20-12-14-23-21(16-20)6-4-7-24(23)27(30)31-26-15-13-22(28)17-25(26)29/h2,13,15,17-21,23-24H,1,3-12,14,16H2. The second kappa shape index (κ2) is 10.5. The summed E-state index contributed by atoms with van der Waals surface area (Å²) in [4.78, 5) is 12.9. The molecule has 3 aliphatic carbocycles. The van der Waals surface area contributed by atoms with Crippen LogP contribution in [0.1, 0.15) is 77.0 Å². The molecule has 0 spiro atoms. The van der Waals surface area contributed by atoms with Crippen molar-refractivity contribution in [3.63, 3.8) is 0 Å². The molecule has 4 heteroatoms. The number of halogens is 2. The summed E-state index contributed by atoms with van der Waals surface area (Å²) in [6, 6.07) is 4.22. The molecular formula is C27H36ClFO2. The first-order valence-electron chi connectivity index (χ1n) is 12.3. The van der Waals surface area contributed by atoms with Crippen LogP contribution in [0.2, 0.25) is 5.02 Å². The molecule has 1 aromatic rings. The summed E-state index contributed by atoms with van der Waals surface area (Å²) >= 11 is 5.82. The fourth-order valence-electron chi connectivity index (χ4n) is 6.76. The molecule has 3 fully saturated rings. The SMILES string of the molecule is C=CCCC1CCC(C2CCC3C(CCCC3C(=O)Oc3ccc(Cl)cc3F)C2)CC1. The molecule has 0 amide bonds. The molecule has 0 saturated heterocycles. The first-order valence-corrected chi connectivity index (χ1v) is 12.7. The Morgan fingerprint density at radius 1 is 1.06 bits per heavy atom. The summed E-state index contributed by atoms with van der Waals surface area (Å²) in [5.41, 5.74) is 0. The molecule has 3 aliphatic rings. The highest BCUT2D eigenvalue weighted by molar-refractivity contribution is 6.30. The molecule has 0 radical (unpaired) electrons. The van der Waals surface area contributed by atoms with Crippen molar-refractivity contribution in [1.82, 2.24) is 0 Å². The van der Waals surface area contributed by atoms with Gasteiger partial charge < -0.3 is 4.74 Å². The average Bonchev–Trinajstić information content (AvgIpc) is 2.79. The monoisotopic (exact) mass is 446 g/mol. The number of ether oxygens (including phenoxy) is 1. The minimum absolute atomic E-state index is 0.00146. The zero-order chi connectivity index (χ0) is 21.8. The van der Waals surface area contributed by atoms with E-state index < -0.39 is 5.82 Å². The van der Waals surface area contributed by atoms with Crippen molar-refractivity contribution in [3.8, 4) is 5.75 Å². The van der Waals surface area contributed by atoms with Gasteiger partial charge in [0.2, 0.25) is 0 Å². The van der Waals surface area contributed by atoms with Crippen molar-refractivity contribution in [1.29, 1.82) is 0 Å². The lowest BCUT2D eigenvalue weighted by molar-refractivity contribution is -0.144. The number of carbonyl (C=O) groups excluding carboxylic acids is 1. The molecule has 4 unspecified atom stereocenters. The Hall–Kier alpha value is -1.35. The van der Waals surface area contributed by atoms with E-state index in [2.05, 4.69) is 12.7 Å². The molecular weight excluding hydrogens is 411 g/mol. The molecule has 170 valence electrons. The van der Waals surface area contributed by atoms with Crippen molar-refractivity contribution in [2.45, 2.75) is 77.0 Å². The van der Waals surface area contributed by atoms with E-state index in [4.69, 9.17) is 16.3 Å². The third-order valence-corrected chi connectivity index (χ3v) is 8.67. The molecule has 2 nitrogen and oxygen atoms in total. The largest absolute Gasteiger partial charge is 0.423 e. The maximum absolute atomic E-state index is 14.1. The molecule has 0 N–H and O–H groups in total. The van der Waals surface area contributed by atoms with Gasteiger partial charge in [-0.25, -0.2) is 4.39 Å². The summed E-state index contributed by atoms with van der Waals surface area (Å²) in [5, 5.41) is 0.308. The summed E-state index contributed by atoms with van der Waals surface area (Å²) in [7, 11) is 0. The number of hydrogen-bond donors (Lipinski definition) is 0. The Kier molecular flexibility index (Phi) is 7.74. The van der Waals surface area contributed by atoms with Crippen LogP contribution in [0.15, 0.2) is 30.9 Å². The molecule has 0 heterocycles. The molecule has 31 heavy (non-hydrogen) atoms. The van der Waals surface area contributed by atoms with Gasteiger partial charge in [0, 0.05) is 5.02 Å². The summed E-state index contributed by atoms with van der Waals surface area (Å²) in [6.45, 7) is 3.86. The van der Waals surface area contributed by atoms with E-state index in [0.29, 0.717) is 16.9 Å². The zero-order valence-corrected chi connectivity index (χ0v) is 19.3. The maximum Gasteiger partial charge on any atom is 0.314 e. The van der Waals surface area contributed by atoms with Crippen LogP contribution >= 0.6 is 11.6 Å². The smallest absolute Gasteiger partial charge is 0.314 e. The van der Waals surface area contributed by atoms with Crippen LogP contribution in [0.25, 0.3) is 0 Å². The van der Waals surface area contributed by atoms with E-state index in [0.717, 1.165) is 43.4 Å². The number of esters is 1. The summed E-state index contributed by atoms with van der Waals surface area (Å²) < 4.78 is 19.6. The molecule has 3 saturated carbocycles. The molecule has 4 atom stereocenters. The van der Waals surface area contributed by atoms with Crippen LogP contribution in [-0.2, 0) is 4.79 Å². The summed E-state index contributed by atoms with van der Waals surface area (Å²) in [5.74, 6) is 2.70. The number of benzene rings is 1. The summed E-state index contributed by atoms with van der Waals surface area (Å²) in [6.07, 6.45) is 16.8. The van der Waals surface area contributed by atoms with Crippen LogP contribution < -0.4 is 4.74 Å². The van der Waals surface area contributed by atoms with Gasteiger partial charge in [0.05, 0.1) is 5.92 Å². The van der Waals surface area contributed by atoms with Crippen molar-refractivity contribution in [2.24, 2.45) is 35.5 Å². The maximum atomic E-state index is 14.1. The van der Waals surface area contributed by atoms with E-state index in [9.17, 15) is 9.18 Å². The lowest BCUT2D eigenvalue weighted by Gasteiger charge is -2.46. The Balaban J connectivity index is 1.32. The van der Waals surface area contributed by atoms with Gasteiger partial charge in [-0.05, 0) is 99.2 Å². The van der Waals surface area contributed by atoms with E-state index in [1.54, 1.807) is 6.07 Å². The Morgan fingerprint density at radius 2 is 1.84 bits per heavy atom. The van der Waals surface area contributed by atoms with E-state index in [-0.39, 0.29) is 17.6 Å². The highest BCUT2D eigenvalue weighted by atomic mass is 35.5. The zero-order valence-electron chi connectivity index (χ0n) is 18.5. The van der Waals surface area contributed by atoms with Crippen molar-refractivity contribution >= 4 is 17.6 Å². The van der Waals surface area contributed by atoms with Crippen LogP contribution in [0.5, 0.6) is 5.75 Å². The number of rotatable bonds is 6. The second-order valence-corrected chi connectivity index (χ2v) is 10.6. The molecule has 0 aliphatic heterocycles. The Bertz CT molecular complexity index is 770. The molecule has 1 aromatic carbocycles. The molecule has 0 aromatic heterocycles. The predicted molar refractivity (Wildman–Crippen MR) is 124 cm³/mol. The lowest BCUT2D eigenvalue weighted by Crippen LogP contribution is -2.40. The molecule has 0 bridgehead atoms.